The van der Waals surface area contributed by atoms with Gasteiger partial charge in [0.05, 0.1) is 0 Å². The first-order valence-corrected chi connectivity index (χ1v) is 8.83. The molecule has 0 aromatic carbocycles. The van der Waals surface area contributed by atoms with E-state index in [0.29, 0.717) is 0 Å². The Bertz CT molecular complexity index is 213. The molecule has 0 rings (SSSR count). The van der Waals surface area contributed by atoms with E-state index in [0.717, 1.165) is 0 Å². The van der Waals surface area contributed by atoms with Gasteiger partial charge in [-0.05, 0) is 19.3 Å². The summed E-state index contributed by atoms with van der Waals surface area (Å²) in [6.45, 7) is 19.8. The number of hydrogen-bond donors (Lipinski definition) is 0. The highest BCUT2D eigenvalue weighted by atomic mass is 28.4. The van der Waals surface area contributed by atoms with Gasteiger partial charge in [0, 0.05) is 0 Å². The largest absolute Gasteiger partial charge is 0.422 e. The lowest BCUT2D eigenvalue weighted by Crippen LogP contribution is -2.50. The van der Waals surface area contributed by atoms with E-state index in [-0.39, 0.29) is 0 Å². The zero-order valence-electron chi connectivity index (χ0n) is 8.59. The van der Waals surface area contributed by atoms with Crippen LogP contribution < -0.4 is 0 Å². The van der Waals surface area contributed by atoms with Gasteiger partial charge in [-0.3, -0.25) is 0 Å². The molecule has 0 fully saturated rings. The van der Waals surface area contributed by atoms with Crippen LogP contribution in [0, 0.1) is 0 Å². The van der Waals surface area contributed by atoms with Crippen LogP contribution in [-0.4, -0.2) is 21.4 Å². The normalized spacial score (nSPS) is 10.7. The minimum Gasteiger partial charge on any atom is -0.422 e. The van der Waals surface area contributed by atoms with E-state index in [1.165, 1.54) is 0 Å². The Morgan fingerprint density at radius 2 is 1.54 bits per heavy atom. The molecule has 0 atom stereocenters. The van der Waals surface area contributed by atoms with E-state index in [4.69, 9.17) is 0 Å². The smallest absolute Gasteiger partial charge is 0.216 e. The molecule has 0 saturated heterocycles. The zero-order valence-corrected chi connectivity index (χ0v) is 10.6. The molecular weight excluding hydrogens is 190 g/mol. The molecule has 3 heteroatoms. The number of rotatable bonds is 6. The SMILES string of the molecule is C=CN([Si](C=C)C=C)[Si](C)(C)C=C. The third kappa shape index (κ3) is 2.86. The van der Waals surface area contributed by atoms with Gasteiger partial charge in [-0.25, -0.2) is 0 Å². The fraction of sp³-hybridized carbons (Fsp3) is 0.200. The van der Waals surface area contributed by atoms with Gasteiger partial charge in [0.1, 0.15) is 0 Å². The lowest BCUT2D eigenvalue weighted by molar-refractivity contribution is 0.885. The summed E-state index contributed by atoms with van der Waals surface area (Å²) >= 11 is 0. The molecular formula is C10H18NSi2. The van der Waals surface area contributed by atoms with E-state index in [9.17, 15) is 0 Å². The molecule has 1 nitrogen and oxygen atoms in total. The van der Waals surface area contributed by atoms with Crippen molar-refractivity contribution in [3.63, 3.8) is 0 Å². The second kappa shape index (κ2) is 5.04. The van der Waals surface area contributed by atoms with Gasteiger partial charge in [0.25, 0.3) is 0 Å². The minimum absolute atomic E-state index is 0.848. The Kier molecular flexibility index (Phi) is 4.73. The average Bonchev–Trinajstić information content (AvgIpc) is 2.13. The first-order valence-electron chi connectivity index (χ1n) is 4.20. The third-order valence-corrected chi connectivity index (χ3v) is 8.50. The lowest BCUT2D eigenvalue weighted by atomic mass is 11.1. The molecule has 0 aliphatic carbocycles. The molecule has 0 bridgehead atoms. The van der Waals surface area contributed by atoms with Gasteiger partial charge in [-0.15, -0.1) is 19.7 Å². The van der Waals surface area contributed by atoms with Crippen molar-refractivity contribution in [3.05, 3.63) is 49.6 Å². The highest BCUT2D eigenvalue weighted by molar-refractivity contribution is 6.90. The lowest BCUT2D eigenvalue weighted by Gasteiger charge is -2.36. The molecule has 0 heterocycles. The first-order chi connectivity index (χ1) is 6.03. The first kappa shape index (κ1) is 12.2. The maximum absolute atomic E-state index is 3.87. The molecule has 0 aromatic heterocycles. The predicted octanol–water partition coefficient (Wildman–Crippen LogP) is 2.80. The summed E-state index contributed by atoms with van der Waals surface area (Å²) in [5, 5.41) is 0. The highest BCUT2D eigenvalue weighted by Crippen LogP contribution is 2.14. The Morgan fingerprint density at radius 1 is 1.08 bits per heavy atom. The topological polar surface area (TPSA) is 3.24 Å². The summed E-state index contributed by atoms with van der Waals surface area (Å²) in [5.41, 5.74) is 5.99. The van der Waals surface area contributed by atoms with E-state index in [1.807, 2.05) is 23.3 Å². The zero-order chi connectivity index (χ0) is 10.5. The van der Waals surface area contributed by atoms with Crippen LogP contribution in [0.2, 0.25) is 13.1 Å². The molecule has 0 amide bonds. The van der Waals surface area contributed by atoms with Crippen molar-refractivity contribution >= 4 is 17.2 Å². The van der Waals surface area contributed by atoms with Gasteiger partial charge >= 0.3 is 0 Å². The van der Waals surface area contributed by atoms with E-state index in [1.54, 1.807) is 0 Å². The number of hydrogen-bond acceptors (Lipinski definition) is 1. The molecule has 71 valence electrons. The Hall–Kier alpha value is -0.806. The minimum atomic E-state index is -1.53. The molecule has 0 unspecified atom stereocenters. The molecule has 0 spiro atoms. The maximum Gasteiger partial charge on any atom is 0.216 e. The van der Waals surface area contributed by atoms with Crippen molar-refractivity contribution in [3.8, 4) is 0 Å². The van der Waals surface area contributed by atoms with Crippen LogP contribution in [0.5, 0.6) is 0 Å². The molecule has 13 heavy (non-hydrogen) atoms. The van der Waals surface area contributed by atoms with Crippen molar-refractivity contribution < 1.29 is 0 Å². The van der Waals surface area contributed by atoms with Crippen molar-refractivity contribution in [1.29, 1.82) is 0 Å². The fourth-order valence-corrected chi connectivity index (χ4v) is 5.97. The van der Waals surface area contributed by atoms with Gasteiger partial charge in [0.15, 0.2) is 8.24 Å². The fourth-order valence-electron chi connectivity index (χ4n) is 1.05. The summed E-state index contributed by atoms with van der Waals surface area (Å²) < 4.78 is 2.30. The highest BCUT2D eigenvalue weighted by Gasteiger charge is 2.27. The van der Waals surface area contributed by atoms with Crippen molar-refractivity contribution in [1.82, 2.24) is 4.23 Å². The van der Waals surface area contributed by atoms with E-state index in [2.05, 4.69) is 43.6 Å². The summed E-state index contributed by atoms with van der Waals surface area (Å²) in [5.74, 6) is 0. The molecule has 0 aliphatic rings. The average molecular weight is 208 g/mol. The monoisotopic (exact) mass is 208 g/mol. The maximum atomic E-state index is 3.87. The van der Waals surface area contributed by atoms with Crippen LogP contribution in [0.25, 0.3) is 0 Å². The van der Waals surface area contributed by atoms with Gasteiger partial charge < -0.3 is 4.23 Å². The summed E-state index contributed by atoms with van der Waals surface area (Å²) in [6.07, 6.45) is 1.89. The van der Waals surface area contributed by atoms with Crippen molar-refractivity contribution in [2.75, 3.05) is 0 Å². The quantitative estimate of drug-likeness (QED) is 0.607. The third-order valence-electron chi connectivity index (χ3n) is 2.00. The van der Waals surface area contributed by atoms with Crippen LogP contribution in [-0.2, 0) is 0 Å². The summed E-state index contributed by atoms with van der Waals surface area (Å²) in [4.78, 5) is 0. The van der Waals surface area contributed by atoms with Crippen LogP contribution in [0.15, 0.2) is 49.6 Å². The second-order valence-corrected chi connectivity index (χ2v) is 10.0. The molecule has 0 saturated carbocycles. The standard InChI is InChI=1S/C10H18NSi2/c1-7-11(12(8-2)9-3)13(5,6)10-4/h7-10H,1-4H2,5-6H3. The molecule has 0 aromatic rings. The number of nitrogens with zero attached hydrogens (tertiary/aromatic N) is 1. The molecule has 1 radical (unpaired) electrons. The Balaban J connectivity index is 4.86. The molecule has 0 aliphatic heterocycles. The van der Waals surface area contributed by atoms with Crippen LogP contribution in [0.4, 0.5) is 0 Å². The van der Waals surface area contributed by atoms with E-state index >= 15 is 0 Å². The van der Waals surface area contributed by atoms with Crippen molar-refractivity contribution in [2.24, 2.45) is 0 Å². The Labute approximate surface area is 84.5 Å². The predicted molar refractivity (Wildman–Crippen MR) is 65.9 cm³/mol. The van der Waals surface area contributed by atoms with Gasteiger partial charge in [0.2, 0.25) is 8.96 Å². The summed E-state index contributed by atoms with van der Waals surface area (Å²) in [6, 6.07) is 0. The molecule has 0 N–H and O–H groups in total. The second-order valence-electron chi connectivity index (χ2n) is 3.24. The van der Waals surface area contributed by atoms with Crippen LogP contribution >= 0.6 is 0 Å². The van der Waals surface area contributed by atoms with Gasteiger partial charge in [-0.1, -0.05) is 23.7 Å². The Morgan fingerprint density at radius 3 is 1.77 bits per heavy atom. The summed E-state index contributed by atoms with van der Waals surface area (Å²) in [7, 11) is -2.38. The van der Waals surface area contributed by atoms with Gasteiger partial charge in [-0.2, -0.15) is 0 Å². The van der Waals surface area contributed by atoms with Crippen molar-refractivity contribution in [2.45, 2.75) is 13.1 Å². The van der Waals surface area contributed by atoms with Crippen LogP contribution in [0.3, 0.4) is 0 Å². The van der Waals surface area contributed by atoms with E-state index < -0.39 is 17.2 Å². The van der Waals surface area contributed by atoms with Crippen LogP contribution in [0.1, 0.15) is 0 Å².